The van der Waals surface area contributed by atoms with Crippen molar-refractivity contribution in [2.24, 2.45) is 0 Å². The lowest BCUT2D eigenvalue weighted by Gasteiger charge is -2.14. The number of hydrogen-bond donors (Lipinski definition) is 0. The Labute approximate surface area is 294 Å². The molecular formula is C45H28ClN3O. The largest absolute Gasteiger partial charge is 0.456 e. The van der Waals surface area contributed by atoms with E-state index < -0.39 is 0 Å². The molecule has 5 heteroatoms. The molecule has 2 aromatic heterocycles. The maximum atomic E-state index is 6.83. The minimum atomic E-state index is 0.542. The number of fused-ring (bicyclic) bond motifs is 3. The molecule has 0 bridgehead atoms. The highest BCUT2D eigenvalue weighted by molar-refractivity contribution is 6.31. The SMILES string of the molecule is Clc1cc(-c2ccc3oc4ccccc4c3c2)cc(-c2nc(-c3ccccc3)nc(-c3ccc(-c4ccccc4)c(-c4ccccc4)c3)n2)c1. The number of aromatic nitrogens is 3. The van der Waals surface area contributed by atoms with E-state index in [0.29, 0.717) is 22.5 Å². The number of furan rings is 1. The van der Waals surface area contributed by atoms with Crippen LogP contribution in [0.3, 0.4) is 0 Å². The number of nitrogens with zero attached hydrogens (tertiary/aromatic N) is 3. The molecule has 0 aliphatic rings. The molecule has 0 fully saturated rings. The Bertz CT molecular complexity index is 2650. The van der Waals surface area contributed by atoms with Crippen LogP contribution in [0.5, 0.6) is 0 Å². The molecule has 50 heavy (non-hydrogen) atoms. The summed E-state index contributed by atoms with van der Waals surface area (Å²) < 4.78 is 6.09. The van der Waals surface area contributed by atoms with E-state index in [9.17, 15) is 0 Å². The van der Waals surface area contributed by atoms with Crippen molar-refractivity contribution in [1.29, 1.82) is 0 Å². The molecule has 0 amide bonds. The van der Waals surface area contributed by atoms with Gasteiger partial charge in [0.1, 0.15) is 11.2 Å². The fourth-order valence-corrected chi connectivity index (χ4v) is 6.79. The van der Waals surface area contributed by atoms with Crippen LogP contribution in [0, 0.1) is 0 Å². The maximum Gasteiger partial charge on any atom is 0.164 e. The van der Waals surface area contributed by atoms with E-state index in [1.54, 1.807) is 0 Å². The first-order chi connectivity index (χ1) is 24.7. The Morgan fingerprint density at radius 2 is 0.880 bits per heavy atom. The summed E-state index contributed by atoms with van der Waals surface area (Å²) in [4.78, 5) is 15.1. The zero-order valence-electron chi connectivity index (χ0n) is 26.8. The second-order valence-electron chi connectivity index (χ2n) is 12.2. The predicted octanol–water partition coefficient (Wildman–Crippen LogP) is 12.4. The Morgan fingerprint density at radius 1 is 0.340 bits per heavy atom. The molecule has 9 aromatic rings. The van der Waals surface area contributed by atoms with Gasteiger partial charge in [-0.1, -0.05) is 139 Å². The van der Waals surface area contributed by atoms with Crippen LogP contribution in [0.25, 0.3) is 89.5 Å². The molecular weight excluding hydrogens is 634 g/mol. The number of hydrogen-bond acceptors (Lipinski definition) is 4. The van der Waals surface area contributed by atoms with Crippen LogP contribution in [-0.4, -0.2) is 15.0 Å². The van der Waals surface area contributed by atoms with Gasteiger partial charge in [0.2, 0.25) is 0 Å². The predicted molar refractivity (Wildman–Crippen MR) is 205 cm³/mol. The van der Waals surface area contributed by atoms with E-state index in [2.05, 4.69) is 91.0 Å². The van der Waals surface area contributed by atoms with Gasteiger partial charge >= 0.3 is 0 Å². The molecule has 0 saturated heterocycles. The molecule has 0 saturated carbocycles. The van der Waals surface area contributed by atoms with Gasteiger partial charge in [-0.05, 0) is 75.8 Å². The van der Waals surface area contributed by atoms with Gasteiger partial charge in [-0.25, -0.2) is 15.0 Å². The molecule has 0 aliphatic heterocycles. The second-order valence-corrected chi connectivity index (χ2v) is 12.6. The summed E-state index contributed by atoms with van der Waals surface area (Å²) in [7, 11) is 0. The topological polar surface area (TPSA) is 51.8 Å². The molecule has 236 valence electrons. The summed E-state index contributed by atoms with van der Waals surface area (Å²) in [6.45, 7) is 0. The van der Waals surface area contributed by atoms with Crippen LogP contribution < -0.4 is 0 Å². The third-order valence-corrected chi connectivity index (χ3v) is 9.20. The molecule has 0 unspecified atom stereocenters. The van der Waals surface area contributed by atoms with E-state index in [1.165, 1.54) is 0 Å². The van der Waals surface area contributed by atoms with Crippen molar-refractivity contribution in [3.63, 3.8) is 0 Å². The fraction of sp³-hybridized carbons (Fsp3) is 0. The fourth-order valence-electron chi connectivity index (χ4n) is 6.55. The average molecular weight is 662 g/mol. The molecule has 0 spiro atoms. The van der Waals surface area contributed by atoms with Crippen LogP contribution >= 0.6 is 11.6 Å². The first kappa shape index (κ1) is 29.8. The lowest BCUT2D eigenvalue weighted by Crippen LogP contribution is -2.01. The molecule has 4 nitrogen and oxygen atoms in total. The minimum Gasteiger partial charge on any atom is -0.456 e. The Hall–Kier alpha value is -6.36. The third kappa shape index (κ3) is 5.62. The zero-order valence-corrected chi connectivity index (χ0v) is 27.5. The standard InChI is InChI=1S/C45H28ClN3O/c46-36-25-34(32-21-23-42-40(27-32)38-18-10-11-19-41(38)50-42)24-35(26-36)45-48-43(31-16-8-3-9-17-31)47-44(49-45)33-20-22-37(29-12-4-1-5-13-29)39(28-33)30-14-6-2-7-15-30/h1-28H. The monoisotopic (exact) mass is 661 g/mol. The summed E-state index contributed by atoms with van der Waals surface area (Å²) in [5, 5.41) is 2.73. The molecule has 9 rings (SSSR count). The van der Waals surface area contributed by atoms with Crippen molar-refractivity contribution >= 4 is 33.5 Å². The van der Waals surface area contributed by atoms with E-state index in [4.69, 9.17) is 31.0 Å². The van der Waals surface area contributed by atoms with Crippen molar-refractivity contribution < 1.29 is 4.42 Å². The lowest BCUT2D eigenvalue weighted by atomic mass is 9.92. The number of halogens is 1. The van der Waals surface area contributed by atoms with E-state index >= 15 is 0 Å². The highest BCUT2D eigenvalue weighted by atomic mass is 35.5. The lowest BCUT2D eigenvalue weighted by molar-refractivity contribution is 0.669. The first-order valence-electron chi connectivity index (χ1n) is 16.5. The van der Waals surface area contributed by atoms with Crippen molar-refractivity contribution in [2.45, 2.75) is 0 Å². The van der Waals surface area contributed by atoms with Crippen LogP contribution in [-0.2, 0) is 0 Å². The highest BCUT2D eigenvalue weighted by Gasteiger charge is 2.17. The maximum absolute atomic E-state index is 6.83. The van der Waals surface area contributed by atoms with Crippen molar-refractivity contribution in [2.75, 3.05) is 0 Å². The van der Waals surface area contributed by atoms with Gasteiger partial charge in [0, 0.05) is 32.5 Å². The molecule has 0 aliphatic carbocycles. The second kappa shape index (κ2) is 12.6. The van der Waals surface area contributed by atoms with Crippen LogP contribution in [0.1, 0.15) is 0 Å². The van der Waals surface area contributed by atoms with Gasteiger partial charge in [-0.3, -0.25) is 0 Å². The summed E-state index contributed by atoms with van der Waals surface area (Å²) >= 11 is 6.83. The normalized spacial score (nSPS) is 11.3. The van der Waals surface area contributed by atoms with Gasteiger partial charge in [0.25, 0.3) is 0 Å². The molecule has 0 atom stereocenters. The van der Waals surface area contributed by atoms with Crippen LogP contribution in [0.2, 0.25) is 5.02 Å². The Balaban J connectivity index is 1.21. The summed E-state index contributed by atoms with van der Waals surface area (Å²) in [5.74, 6) is 1.71. The van der Waals surface area contributed by atoms with Gasteiger partial charge in [-0.15, -0.1) is 0 Å². The summed E-state index contributed by atoms with van der Waals surface area (Å²) in [5.41, 5.74) is 10.8. The highest BCUT2D eigenvalue weighted by Crippen LogP contribution is 2.38. The molecule has 0 N–H and O–H groups in total. The first-order valence-corrected chi connectivity index (χ1v) is 16.8. The van der Waals surface area contributed by atoms with E-state index in [-0.39, 0.29) is 0 Å². The van der Waals surface area contributed by atoms with Gasteiger partial charge in [0.15, 0.2) is 17.5 Å². The van der Waals surface area contributed by atoms with Crippen molar-refractivity contribution in [1.82, 2.24) is 15.0 Å². The smallest absolute Gasteiger partial charge is 0.164 e. The van der Waals surface area contributed by atoms with Gasteiger partial charge in [0.05, 0.1) is 0 Å². The number of rotatable bonds is 6. The van der Waals surface area contributed by atoms with Gasteiger partial charge in [-0.2, -0.15) is 0 Å². The third-order valence-electron chi connectivity index (χ3n) is 8.98. The van der Waals surface area contributed by atoms with Gasteiger partial charge < -0.3 is 4.42 Å². The van der Waals surface area contributed by atoms with Crippen molar-refractivity contribution in [3.8, 4) is 67.5 Å². The number of para-hydroxylation sites is 1. The average Bonchev–Trinajstić information content (AvgIpc) is 3.56. The Morgan fingerprint density at radius 3 is 1.60 bits per heavy atom. The van der Waals surface area contributed by atoms with Crippen molar-refractivity contribution in [3.05, 3.63) is 175 Å². The van der Waals surface area contributed by atoms with Crippen LogP contribution in [0.4, 0.5) is 0 Å². The van der Waals surface area contributed by atoms with Crippen LogP contribution in [0.15, 0.2) is 174 Å². The quantitative estimate of drug-likeness (QED) is 0.178. The molecule has 0 radical (unpaired) electrons. The van der Waals surface area contributed by atoms with E-state index in [1.807, 2.05) is 78.9 Å². The summed E-state index contributed by atoms with van der Waals surface area (Å²) in [6.07, 6.45) is 0. The number of benzene rings is 7. The zero-order chi connectivity index (χ0) is 33.4. The minimum absolute atomic E-state index is 0.542. The Kier molecular flexibility index (Phi) is 7.49. The molecule has 2 heterocycles. The summed E-state index contributed by atoms with van der Waals surface area (Å²) in [6, 6.07) is 57.7. The molecule has 7 aromatic carbocycles. The van der Waals surface area contributed by atoms with E-state index in [0.717, 1.165) is 72.0 Å².